The average Bonchev–Trinajstić information content (AvgIpc) is 2.29. The molecule has 0 saturated heterocycles. The Morgan fingerprint density at radius 1 is 1.33 bits per heavy atom. The number of nitrogens with one attached hydrogen (secondary N) is 1. The summed E-state index contributed by atoms with van der Waals surface area (Å²) in [6.45, 7) is 4.51. The fraction of sp³-hybridized carbons (Fsp3) is 0.700. The molecule has 0 rings (SSSR count). The number of aliphatic carboxylic acids is 1. The zero-order chi connectivity index (χ0) is 14.3. The third-order valence-electron chi connectivity index (χ3n) is 2.31. The van der Waals surface area contributed by atoms with Crippen LogP contribution in [0.2, 0.25) is 0 Å². The van der Waals surface area contributed by atoms with Crippen LogP contribution in [0.25, 0.3) is 0 Å². The highest BCUT2D eigenvalue weighted by molar-refractivity contribution is 7.22. The van der Waals surface area contributed by atoms with E-state index in [1.165, 1.54) is 13.8 Å². The Bertz CT molecular complexity index is 347. The van der Waals surface area contributed by atoms with Crippen LogP contribution < -0.4 is 5.32 Å². The van der Waals surface area contributed by atoms with Crippen LogP contribution in [0.1, 0.15) is 33.6 Å². The van der Waals surface area contributed by atoms with Gasteiger partial charge in [0.15, 0.2) is 6.04 Å². The average molecular weight is 277 g/mol. The molecule has 0 aliphatic rings. The molecule has 0 aliphatic heterocycles. The minimum atomic E-state index is -1.25. The summed E-state index contributed by atoms with van der Waals surface area (Å²) in [5.41, 5.74) is 0. The topological polar surface area (TPSA) is 104 Å². The third kappa shape index (κ3) is 4.79. The summed E-state index contributed by atoms with van der Waals surface area (Å²) >= 11 is 0. The van der Waals surface area contributed by atoms with E-state index in [9.17, 15) is 18.9 Å². The number of amides is 2. The molecule has 0 aliphatic carbocycles. The molecule has 0 aromatic carbocycles. The Labute approximate surface area is 107 Å². The van der Waals surface area contributed by atoms with Crippen molar-refractivity contribution in [2.75, 3.05) is 0 Å². The number of nitrogens with zero attached hydrogens (tertiary/aromatic N) is 1. The number of carboxylic acids is 1. The number of carbonyl (C=O) groups is 3. The molecule has 0 heterocycles. The van der Waals surface area contributed by atoms with E-state index >= 15 is 0 Å². The smallest absolute Gasteiger partial charge is 0.451 e. The van der Waals surface area contributed by atoms with Crippen molar-refractivity contribution < 1.29 is 24.1 Å². The lowest BCUT2D eigenvalue weighted by molar-refractivity contribution is -0.146. The van der Waals surface area contributed by atoms with Gasteiger partial charge in [-0.1, -0.05) is 6.92 Å². The van der Waals surface area contributed by atoms with E-state index < -0.39 is 32.6 Å². The van der Waals surface area contributed by atoms with Gasteiger partial charge in [0.25, 0.3) is 5.91 Å². The second-order valence-corrected chi connectivity index (χ2v) is 4.52. The molecule has 102 valence electrons. The van der Waals surface area contributed by atoms with E-state index in [0.717, 1.165) is 0 Å². The van der Waals surface area contributed by atoms with Crippen LogP contribution in [0.15, 0.2) is 0 Å². The summed E-state index contributed by atoms with van der Waals surface area (Å²) in [4.78, 5) is 33.8. The van der Waals surface area contributed by atoms with E-state index in [1.807, 2.05) is 6.92 Å². The molecule has 2 amide bonds. The highest BCUT2D eigenvalue weighted by Gasteiger charge is 2.35. The molecule has 2 N–H and O–H groups in total. The first kappa shape index (κ1) is 16.5. The number of rotatable bonds is 7. The second-order valence-electron chi connectivity index (χ2n) is 3.85. The van der Waals surface area contributed by atoms with Gasteiger partial charge in [-0.2, -0.15) is 0 Å². The first-order valence-corrected chi connectivity index (χ1v) is 6.43. The molecule has 18 heavy (non-hydrogen) atoms. The molecule has 0 aromatic heterocycles. The summed E-state index contributed by atoms with van der Waals surface area (Å²) in [5, 5.41) is 11.2. The second kappa shape index (κ2) is 7.76. The van der Waals surface area contributed by atoms with Crippen molar-refractivity contribution in [1.82, 2.24) is 9.99 Å². The van der Waals surface area contributed by atoms with Crippen LogP contribution >= 0.6 is 8.61 Å². The molecule has 0 radical (unpaired) electrons. The van der Waals surface area contributed by atoms with Crippen LogP contribution in [0.5, 0.6) is 0 Å². The van der Waals surface area contributed by atoms with E-state index in [2.05, 4.69) is 5.32 Å². The van der Waals surface area contributed by atoms with Gasteiger partial charge in [0.05, 0.1) is 0 Å². The molecule has 0 bridgehead atoms. The van der Waals surface area contributed by atoms with Crippen LogP contribution in [-0.4, -0.2) is 39.6 Å². The Morgan fingerprint density at radius 3 is 2.28 bits per heavy atom. The molecule has 3 atom stereocenters. The van der Waals surface area contributed by atoms with Crippen molar-refractivity contribution in [2.24, 2.45) is 0 Å². The lowest BCUT2D eigenvalue weighted by Crippen LogP contribution is -2.48. The highest BCUT2D eigenvalue weighted by Crippen LogP contribution is 2.13. The van der Waals surface area contributed by atoms with Gasteiger partial charge in [0, 0.05) is 6.42 Å². The van der Waals surface area contributed by atoms with Crippen molar-refractivity contribution in [3.05, 3.63) is 0 Å². The maximum atomic E-state index is 11.8. The quantitative estimate of drug-likeness (QED) is 0.661. The number of hydrogen-bond acceptors (Lipinski definition) is 4. The third-order valence-corrected chi connectivity index (χ3v) is 3.11. The van der Waals surface area contributed by atoms with Gasteiger partial charge in [-0.15, -0.1) is 4.67 Å². The zero-order valence-electron chi connectivity index (χ0n) is 10.6. The van der Waals surface area contributed by atoms with Gasteiger partial charge < -0.3 is 10.4 Å². The van der Waals surface area contributed by atoms with Gasteiger partial charge in [-0.25, -0.2) is 4.79 Å². The summed E-state index contributed by atoms with van der Waals surface area (Å²) in [7, 11) is -1.21. The minimum Gasteiger partial charge on any atom is -0.480 e. The first-order chi connectivity index (χ1) is 8.34. The fourth-order valence-corrected chi connectivity index (χ4v) is 1.79. The molecule has 8 heteroatoms. The van der Waals surface area contributed by atoms with Gasteiger partial charge in [-0.05, 0) is 24.8 Å². The predicted molar refractivity (Wildman–Crippen MR) is 65.5 cm³/mol. The fourth-order valence-electron chi connectivity index (χ4n) is 1.24. The van der Waals surface area contributed by atoms with E-state index in [0.29, 0.717) is 11.1 Å². The Morgan fingerprint density at radius 2 is 1.89 bits per heavy atom. The van der Waals surface area contributed by atoms with Gasteiger partial charge >= 0.3 is 14.6 Å². The molecule has 0 spiro atoms. The summed E-state index contributed by atoms with van der Waals surface area (Å²) in [6.07, 6.45) is 0.928. The molecule has 7 nitrogen and oxygen atoms in total. The Balaban J connectivity index is 4.64. The molecule has 0 fully saturated rings. The van der Waals surface area contributed by atoms with E-state index in [-0.39, 0.29) is 12.3 Å². The molecule has 1 unspecified atom stereocenters. The largest absolute Gasteiger partial charge is 0.480 e. The summed E-state index contributed by atoms with van der Waals surface area (Å²) in [5.74, 6) is -2.23. The van der Waals surface area contributed by atoms with Crippen molar-refractivity contribution >= 4 is 26.4 Å². The van der Waals surface area contributed by atoms with Crippen LogP contribution in [0.4, 0.5) is 0 Å². The lowest BCUT2D eigenvalue weighted by Gasteiger charge is -2.18. The number of carbonyl (C=O) groups excluding carboxylic acids is 2. The predicted octanol–water partition coefficient (Wildman–Crippen LogP) is 0.532. The summed E-state index contributed by atoms with van der Waals surface area (Å²) in [6, 6.07) is -2.09. The van der Waals surface area contributed by atoms with Crippen LogP contribution in [0.3, 0.4) is 0 Å². The molecule has 0 saturated carbocycles. The van der Waals surface area contributed by atoms with Crippen LogP contribution in [0, 0.1) is 0 Å². The normalized spacial score (nSPS) is 13.7. The Kier molecular flexibility index (Phi) is 7.12. The van der Waals surface area contributed by atoms with E-state index in [1.54, 1.807) is 0 Å². The van der Waals surface area contributed by atoms with E-state index in [4.69, 9.17) is 5.11 Å². The summed E-state index contributed by atoms with van der Waals surface area (Å²) < 4.78 is 11.6. The van der Waals surface area contributed by atoms with Crippen molar-refractivity contribution in [3.8, 4) is 0 Å². The minimum absolute atomic E-state index is 0.283. The SMILES string of the molecule is CCCC(=O)N[C@@H](C)C(=O)N([PH+]=O)[C@@H](C)C(=O)O. The van der Waals surface area contributed by atoms with Crippen molar-refractivity contribution in [3.63, 3.8) is 0 Å². The van der Waals surface area contributed by atoms with Gasteiger partial charge in [0.1, 0.15) is 6.04 Å². The Hall–Kier alpha value is -1.49. The van der Waals surface area contributed by atoms with Gasteiger partial charge in [0.2, 0.25) is 5.91 Å². The molecular weight excluding hydrogens is 259 g/mol. The van der Waals surface area contributed by atoms with Crippen molar-refractivity contribution in [2.45, 2.75) is 45.7 Å². The molecule has 0 aromatic rings. The first-order valence-electron chi connectivity index (χ1n) is 5.58. The maximum Gasteiger partial charge on any atom is 0.451 e. The number of carboxylic acid groups (broad SMARTS) is 1. The monoisotopic (exact) mass is 277 g/mol. The molecular formula is C10H18N2O5P+. The van der Waals surface area contributed by atoms with Gasteiger partial charge in [-0.3, -0.25) is 9.59 Å². The maximum absolute atomic E-state index is 11.8. The highest BCUT2D eigenvalue weighted by atomic mass is 31.1. The zero-order valence-corrected chi connectivity index (χ0v) is 11.6. The van der Waals surface area contributed by atoms with Crippen molar-refractivity contribution in [1.29, 1.82) is 0 Å². The standard InChI is InChI=1S/C10H17N2O5P/c1-4-5-8(13)11-6(2)9(14)12(18-17)7(3)10(15)16/h6-7H,4-5H2,1-3H3,(H,11,13)(H,15,16)/p+1/t6-,7-/m0/s1. The lowest BCUT2D eigenvalue weighted by atomic mass is 10.2. The number of hydrogen-bond donors (Lipinski definition) is 2. The van der Waals surface area contributed by atoms with Crippen LogP contribution in [-0.2, 0) is 18.9 Å².